The van der Waals surface area contributed by atoms with Crippen LogP contribution in [0.5, 0.6) is 5.75 Å². The number of ether oxygens (including phenoxy) is 1. The van der Waals surface area contributed by atoms with E-state index in [1.807, 2.05) is 0 Å². The quantitative estimate of drug-likeness (QED) is 0.751. The Balaban J connectivity index is 2.28. The summed E-state index contributed by atoms with van der Waals surface area (Å²) < 4.78 is 5.72. The van der Waals surface area contributed by atoms with E-state index < -0.39 is 0 Å². The van der Waals surface area contributed by atoms with Gasteiger partial charge in [0.05, 0.1) is 6.61 Å². The summed E-state index contributed by atoms with van der Waals surface area (Å²) in [6.07, 6.45) is 1.10. The van der Waals surface area contributed by atoms with Gasteiger partial charge in [-0.25, -0.2) is 0 Å². The highest BCUT2D eigenvalue weighted by atomic mass is 16.5. The molecular weight excluding hydrogens is 248 g/mol. The van der Waals surface area contributed by atoms with Crippen LogP contribution >= 0.6 is 0 Å². The Hall–Kier alpha value is -1.06. The first kappa shape index (κ1) is 17.0. The summed E-state index contributed by atoms with van der Waals surface area (Å²) >= 11 is 0. The first-order valence-electron chi connectivity index (χ1n) is 7.58. The standard InChI is InChI=1S/C17H30N2O/c1-14(2)10-11-20-17-8-6-16(7-9-17)13-18-12-15(3)19(4)5/h6-9,14-15,18H,10-13H2,1-5H3. The van der Waals surface area contributed by atoms with Crippen molar-refractivity contribution in [2.24, 2.45) is 5.92 Å². The van der Waals surface area contributed by atoms with Gasteiger partial charge in [-0.2, -0.15) is 0 Å². The highest BCUT2D eigenvalue weighted by Crippen LogP contribution is 2.13. The van der Waals surface area contributed by atoms with Crippen molar-refractivity contribution >= 4 is 0 Å². The minimum Gasteiger partial charge on any atom is -0.494 e. The van der Waals surface area contributed by atoms with Crippen LogP contribution in [0.1, 0.15) is 32.8 Å². The van der Waals surface area contributed by atoms with Gasteiger partial charge >= 0.3 is 0 Å². The van der Waals surface area contributed by atoms with E-state index in [-0.39, 0.29) is 0 Å². The Morgan fingerprint density at radius 2 is 1.75 bits per heavy atom. The van der Waals surface area contributed by atoms with Gasteiger partial charge in [-0.05, 0) is 51.1 Å². The third-order valence-corrected chi connectivity index (χ3v) is 3.54. The highest BCUT2D eigenvalue weighted by Gasteiger charge is 2.03. The number of hydrogen-bond acceptors (Lipinski definition) is 3. The van der Waals surface area contributed by atoms with E-state index in [9.17, 15) is 0 Å². The van der Waals surface area contributed by atoms with Crippen molar-refractivity contribution in [3.8, 4) is 5.75 Å². The SMILES string of the molecule is CC(C)CCOc1ccc(CNCC(C)N(C)C)cc1. The fourth-order valence-electron chi connectivity index (χ4n) is 1.72. The van der Waals surface area contributed by atoms with Crippen LogP contribution in [0.4, 0.5) is 0 Å². The predicted octanol–water partition coefficient (Wildman–Crippen LogP) is 3.15. The molecule has 0 saturated heterocycles. The largest absolute Gasteiger partial charge is 0.494 e. The Morgan fingerprint density at radius 1 is 1.10 bits per heavy atom. The van der Waals surface area contributed by atoms with Crippen LogP contribution in [0.3, 0.4) is 0 Å². The van der Waals surface area contributed by atoms with Crippen molar-refractivity contribution in [1.82, 2.24) is 10.2 Å². The molecule has 0 bridgehead atoms. The second-order valence-corrected chi connectivity index (χ2v) is 6.12. The average molecular weight is 278 g/mol. The molecule has 0 aliphatic heterocycles. The molecule has 1 N–H and O–H groups in total. The van der Waals surface area contributed by atoms with Gasteiger partial charge in [0.2, 0.25) is 0 Å². The van der Waals surface area contributed by atoms with Gasteiger partial charge in [0.15, 0.2) is 0 Å². The lowest BCUT2D eigenvalue weighted by molar-refractivity contribution is 0.289. The Morgan fingerprint density at radius 3 is 2.30 bits per heavy atom. The molecule has 1 rings (SSSR count). The van der Waals surface area contributed by atoms with Crippen LogP contribution < -0.4 is 10.1 Å². The summed E-state index contributed by atoms with van der Waals surface area (Å²) in [6, 6.07) is 8.95. The fourth-order valence-corrected chi connectivity index (χ4v) is 1.72. The second-order valence-electron chi connectivity index (χ2n) is 6.12. The molecule has 3 nitrogen and oxygen atoms in total. The molecule has 20 heavy (non-hydrogen) atoms. The number of likely N-dealkylation sites (N-methyl/N-ethyl adjacent to an activating group) is 1. The van der Waals surface area contributed by atoms with Gasteiger partial charge in [0, 0.05) is 19.1 Å². The molecule has 1 unspecified atom stereocenters. The summed E-state index contributed by atoms with van der Waals surface area (Å²) in [4.78, 5) is 2.22. The summed E-state index contributed by atoms with van der Waals surface area (Å²) in [6.45, 7) is 9.36. The van der Waals surface area contributed by atoms with Crippen LogP contribution in [0, 0.1) is 5.92 Å². The zero-order valence-electron chi connectivity index (χ0n) is 13.6. The molecule has 0 aromatic heterocycles. The van der Waals surface area contributed by atoms with E-state index in [2.05, 4.69) is 69.3 Å². The lowest BCUT2D eigenvalue weighted by Crippen LogP contribution is -2.35. The Bertz CT molecular complexity index is 360. The first-order chi connectivity index (χ1) is 9.49. The van der Waals surface area contributed by atoms with Crippen molar-refractivity contribution in [2.45, 2.75) is 39.8 Å². The van der Waals surface area contributed by atoms with Gasteiger partial charge in [0.25, 0.3) is 0 Å². The molecule has 114 valence electrons. The maximum atomic E-state index is 5.72. The van der Waals surface area contributed by atoms with Crippen LogP contribution in [0.25, 0.3) is 0 Å². The molecule has 3 heteroatoms. The van der Waals surface area contributed by atoms with Gasteiger partial charge in [0.1, 0.15) is 5.75 Å². The van der Waals surface area contributed by atoms with Gasteiger partial charge in [-0.15, -0.1) is 0 Å². The number of nitrogens with one attached hydrogen (secondary N) is 1. The maximum Gasteiger partial charge on any atom is 0.119 e. The van der Waals surface area contributed by atoms with Gasteiger partial charge < -0.3 is 15.0 Å². The molecule has 1 atom stereocenters. The van der Waals surface area contributed by atoms with E-state index in [4.69, 9.17) is 4.74 Å². The summed E-state index contributed by atoms with van der Waals surface area (Å²) in [5, 5.41) is 3.48. The molecule has 0 spiro atoms. The van der Waals surface area contributed by atoms with Crippen LogP contribution in [0.2, 0.25) is 0 Å². The molecule has 0 heterocycles. The zero-order chi connectivity index (χ0) is 15.0. The molecule has 0 aliphatic carbocycles. The molecule has 1 aromatic carbocycles. The Kier molecular flexibility index (Phi) is 7.63. The summed E-state index contributed by atoms with van der Waals surface area (Å²) in [7, 11) is 4.21. The topological polar surface area (TPSA) is 24.5 Å². The molecule has 0 saturated carbocycles. The number of benzene rings is 1. The summed E-state index contributed by atoms with van der Waals surface area (Å²) in [5.41, 5.74) is 1.30. The second kappa shape index (κ2) is 8.98. The van der Waals surface area contributed by atoms with Crippen molar-refractivity contribution in [2.75, 3.05) is 27.2 Å². The Labute approximate surface area is 124 Å². The van der Waals surface area contributed by atoms with Gasteiger partial charge in [-0.3, -0.25) is 0 Å². The lowest BCUT2D eigenvalue weighted by atomic mass is 10.1. The highest BCUT2D eigenvalue weighted by molar-refractivity contribution is 5.27. The van der Waals surface area contributed by atoms with Crippen molar-refractivity contribution in [1.29, 1.82) is 0 Å². The maximum absolute atomic E-state index is 5.72. The third kappa shape index (κ3) is 6.92. The minimum atomic E-state index is 0.550. The summed E-state index contributed by atoms with van der Waals surface area (Å²) in [5.74, 6) is 1.66. The first-order valence-corrected chi connectivity index (χ1v) is 7.58. The van der Waals surface area contributed by atoms with Crippen LogP contribution in [-0.4, -0.2) is 38.2 Å². The van der Waals surface area contributed by atoms with Crippen molar-refractivity contribution in [3.63, 3.8) is 0 Å². The van der Waals surface area contributed by atoms with Gasteiger partial charge in [-0.1, -0.05) is 26.0 Å². The van der Waals surface area contributed by atoms with E-state index in [0.29, 0.717) is 12.0 Å². The van der Waals surface area contributed by atoms with E-state index in [1.165, 1.54) is 5.56 Å². The number of nitrogens with zero attached hydrogens (tertiary/aromatic N) is 1. The van der Waals surface area contributed by atoms with Crippen molar-refractivity contribution in [3.05, 3.63) is 29.8 Å². The number of hydrogen-bond donors (Lipinski definition) is 1. The molecule has 0 aliphatic rings. The van der Waals surface area contributed by atoms with Crippen LogP contribution in [-0.2, 0) is 6.54 Å². The lowest BCUT2D eigenvalue weighted by Gasteiger charge is -2.20. The van der Waals surface area contributed by atoms with E-state index >= 15 is 0 Å². The van der Waals surface area contributed by atoms with Crippen molar-refractivity contribution < 1.29 is 4.74 Å². The molecule has 0 amide bonds. The average Bonchev–Trinajstić information content (AvgIpc) is 2.40. The smallest absolute Gasteiger partial charge is 0.119 e. The molecule has 0 radical (unpaired) electrons. The fraction of sp³-hybridized carbons (Fsp3) is 0.647. The number of rotatable bonds is 9. The normalized spacial score (nSPS) is 12.9. The minimum absolute atomic E-state index is 0.550. The van der Waals surface area contributed by atoms with E-state index in [1.54, 1.807) is 0 Å². The molecule has 1 aromatic rings. The third-order valence-electron chi connectivity index (χ3n) is 3.54. The monoisotopic (exact) mass is 278 g/mol. The molecular formula is C17H30N2O. The van der Waals surface area contributed by atoms with E-state index in [0.717, 1.165) is 31.9 Å². The van der Waals surface area contributed by atoms with Crippen LogP contribution in [0.15, 0.2) is 24.3 Å². The predicted molar refractivity (Wildman–Crippen MR) is 86.2 cm³/mol. The zero-order valence-corrected chi connectivity index (χ0v) is 13.6. The molecule has 0 fully saturated rings.